The third kappa shape index (κ3) is 6.47. The summed E-state index contributed by atoms with van der Waals surface area (Å²) in [6.45, 7) is 7.20. The van der Waals surface area contributed by atoms with Gasteiger partial charge in [-0.05, 0) is 25.5 Å². The number of para-hydroxylation sites is 1. The number of hydrogen-bond donors (Lipinski definition) is 1. The Balaban J connectivity index is 0.00000300. The number of nitrogens with one attached hydrogen (secondary N) is 1. The number of nitrogens with zero attached hydrogens (tertiary/aromatic N) is 5. The summed E-state index contributed by atoms with van der Waals surface area (Å²) in [5.41, 5.74) is 0. The SMILES string of the molecule is CCCCNC(=NCc1nnc(C)n1C)N1CCC(Oc2ccccc2Cl)C1.I. The first-order chi connectivity index (χ1) is 13.6. The maximum absolute atomic E-state index is 6.23. The van der Waals surface area contributed by atoms with Crippen molar-refractivity contribution in [2.45, 2.75) is 45.8 Å². The Bertz CT molecular complexity index is 812. The van der Waals surface area contributed by atoms with E-state index in [-0.39, 0.29) is 30.1 Å². The minimum Gasteiger partial charge on any atom is -0.487 e. The molecular weight excluding hydrogens is 503 g/mol. The third-order valence-corrected chi connectivity index (χ3v) is 5.25. The number of guanidine groups is 1. The van der Waals surface area contributed by atoms with E-state index in [2.05, 4.69) is 27.3 Å². The number of aryl methyl sites for hydroxylation is 1. The van der Waals surface area contributed by atoms with Crippen molar-refractivity contribution >= 4 is 41.5 Å². The van der Waals surface area contributed by atoms with Crippen LogP contribution in [0.2, 0.25) is 5.02 Å². The summed E-state index contributed by atoms with van der Waals surface area (Å²) in [4.78, 5) is 7.06. The van der Waals surface area contributed by atoms with Crippen LogP contribution >= 0.6 is 35.6 Å². The molecule has 1 aromatic heterocycles. The molecule has 0 saturated carbocycles. The Labute approximate surface area is 194 Å². The van der Waals surface area contributed by atoms with Gasteiger partial charge in [-0.25, -0.2) is 4.99 Å². The molecule has 0 aliphatic carbocycles. The predicted molar refractivity (Wildman–Crippen MR) is 127 cm³/mol. The van der Waals surface area contributed by atoms with Gasteiger partial charge in [0.15, 0.2) is 11.8 Å². The van der Waals surface area contributed by atoms with Crippen LogP contribution in [0.1, 0.15) is 37.8 Å². The van der Waals surface area contributed by atoms with Gasteiger partial charge in [-0.1, -0.05) is 37.1 Å². The smallest absolute Gasteiger partial charge is 0.194 e. The fraction of sp³-hybridized carbons (Fsp3) is 0.550. The van der Waals surface area contributed by atoms with Crippen molar-refractivity contribution in [3.63, 3.8) is 0 Å². The lowest BCUT2D eigenvalue weighted by Crippen LogP contribution is -2.41. The molecule has 2 aromatic rings. The highest BCUT2D eigenvalue weighted by atomic mass is 127. The molecular formula is C20H30ClIN6O. The standard InChI is InChI=1S/C20H29ClN6O.HI/c1-4-5-11-22-20(23-13-19-25-24-15(2)26(19)3)27-12-10-16(14-27)28-18-9-7-6-8-17(18)21;/h6-9,16H,4-5,10-14H2,1-3H3,(H,22,23);1H. The van der Waals surface area contributed by atoms with Crippen molar-refractivity contribution in [1.82, 2.24) is 25.0 Å². The molecule has 1 fully saturated rings. The Morgan fingerprint density at radius 1 is 1.34 bits per heavy atom. The van der Waals surface area contributed by atoms with E-state index in [0.29, 0.717) is 11.6 Å². The van der Waals surface area contributed by atoms with Crippen LogP contribution in [-0.2, 0) is 13.6 Å². The van der Waals surface area contributed by atoms with E-state index in [9.17, 15) is 0 Å². The van der Waals surface area contributed by atoms with E-state index in [0.717, 1.165) is 62.3 Å². The zero-order valence-electron chi connectivity index (χ0n) is 17.3. The normalized spacial score (nSPS) is 16.6. The summed E-state index contributed by atoms with van der Waals surface area (Å²) in [6, 6.07) is 7.62. The average molecular weight is 533 g/mol. The van der Waals surface area contributed by atoms with E-state index >= 15 is 0 Å². The highest BCUT2D eigenvalue weighted by molar-refractivity contribution is 14.0. The van der Waals surface area contributed by atoms with Crippen LogP contribution in [0.5, 0.6) is 5.75 Å². The summed E-state index contributed by atoms with van der Waals surface area (Å²) in [7, 11) is 1.97. The molecule has 2 heterocycles. The molecule has 0 spiro atoms. The van der Waals surface area contributed by atoms with Gasteiger partial charge in [0.25, 0.3) is 0 Å². The Morgan fingerprint density at radius 2 is 2.14 bits per heavy atom. The zero-order valence-corrected chi connectivity index (χ0v) is 20.4. The minimum absolute atomic E-state index is 0. The molecule has 7 nitrogen and oxygen atoms in total. The van der Waals surface area contributed by atoms with Gasteiger partial charge in [-0.2, -0.15) is 0 Å². The Morgan fingerprint density at radius 3 is 2.83 bits per heavy atom. The van der Waals surface area contributed by atoms with Crippen LogP contribution in [0.25, 0.3) is 0 Å². The summed E-state index contributed by atoms with van der Waals surface area (Å²) < 4.78 is 8.09. The van der Waals surface area contributed by atoms with Crippen molar-refractivity contribution in [2.24, 2.45) is 12.0 Å². The van der Waals surface area contributed by atoms with Crippen molar-refractivity contribution in [2.75, 3.05) is 19.6 Å². The fourth-order valence-corrected chi connectivity index (χ4v) is 3.30. The Hall–Kier alpha value is -1.55. The number of rotatable bonds is 7. The van der Waals surface area contributed by atoms with Crippen molar-refractivity contribution < 1.29 is 4.74 Å². The van der Waals surface area contributed by atoms with Gasteiger partial charge in [-0.15, -0.1) is 34.2 Å². The summed E-state index contributed by atoms with van der Waals surface area (Å²) in [5, 5.41) is 12.5. The topological polar surface area (TPSA) is 67.6 Å². The zero-order chi connectivity index (χ0) is 19.9. The van der Waals surface area contributed by atoms with Gasteiger partial charge >= 0.3 is 0 Å². The number of benzene rings is 1. The van der Waals surface area contributed by atoms with Gasteiger partial charge in [-0.3, -0.25) is 0 Å². The second-order valence-corrected chi connectivity index (χ2v) is 7.45. The summed E-state index contributed by atoms with van der Waals surface area (Å²) >= 11 is 6.23. The molecule has 0 amide bonds. The highest BCUT2D eigenvalue weighted by Crippen LogP contribution is 2.26. The van der Waals surface area contributed by atoms with E-state index < -0.39 is 0 Å². The number of ether oxygens (including phenoxy) is 1. The molecule has 0 radical (unpaired) electrons. The molecule has 29 heavy (non-hydrogen) atoms. The van der Waals surface area contributed by atoms with Crippen LogP contribution in [0.3, 0.4) is 0 Å². The molecule has 1 aliphatic heterocycles. The maximum Gasteiger partial charge on any atom is 0.194 e. The van der Waals surface area contributed by atoms with E-state index in [1.165, 1.54) is 0 Å². The number of likely N-dealkylation sites (tertiary alicyclic amines) is 1. The molecule has 1 aromatic carbocycles. The maximum atomic E-state index is 6.23. The number of halogens is 2. The first-order valence-corrected chi connectivity index (χ1v) is 10.3. The van der Waals surface area contributed by atoms with Crippen LogP contribution in [-0.4, -0.2) is 51.4 Å². The fourth-order valence-electron chi connectivity index (χ4n) is 3.12. The van der Waals surface area contributed by atoms with Gasteiger partial charge in [0.05, 0.1) is 11.6 Å². The van der Waals surface area contributed by atoms with E-state index in [1.807, 2.05) is 42.8 Å². The lowest BCUT2D eigenvalue weighted by atomic mass is 10.3. The molecule has 1 saturated heterocycles. The second kappa shape index (κ2) is 11.6. The molecule has 0 bridgehead atoms. The van der Waals surface area contributed by atoms with Crippen LogP contribution < -0.4 is 10.1 Å². The average Bonchev–Trinajstić information content (AvgIpc) is 3.28. The predicted octanol–water partition coefficient (Wildman–Crippen LogP) is 3.79. The molecule has 1 atom stereocenters. The molecule has 3 rings (SSSR count). The number of hydrogen-bond acceptors (Lipinski definition) is 4. The van der Waals surface area contributed by atoms with Crippen molar-refractivity contribution in [3.05, 3.63) is 40.9 Å². The second-order valence-electron chi connectivity index (χ2n) is 7.05. The molecule has 1 unspecified atom stereocenters. The largest absolute Gasteiger partial charge is 0.487 e. The van der Waals surface area contributed by atoms with Crippen LogP contribution in [0, 0.1) is 6.92 Å². The van der Waals surface area contributed by atoms with Crippen molar-refractivity contribution in [3.8, 4) is 5.75 Å². The molecule has 9 heteroatoms. The van der Waals surface area contributed by atoms with Gasteiger partial charge in [0.1, 0.15) is 24.2 Å². The first kappa shape index (κ1) is 23.7. The quantitative estimate of drug-likeness (QED) is 0.254. The van der Waals surface area contributed by atoms with Crippen molar-refractivity contribution in [1.29, 1.82) is 0 Å². The molecule has 1 N–H and O–H groups in total. The number of unbranched alkanes of at least 4 members (excludes halogenated alkanes) is 1. The minimum atomic E-state index is 0. The van der Waals surface area contributed by atoms with Crippen LogP contribution in [0.15, 0.2) is 29.3 Å². The van der Waals surface area contributed by atoms with Gasteiger partial charge in [0, 0.05) is 26.6 Å². The highest BCUT2D eigenvalue weighted by Gasteiger charge is 2.27. The van der Waals surface area contributed by atoms with Crippen LogP contribution in [0.4, 0.5) is 0 Å². The van der Waals surface area contributed by atoms with Gasteiger partial charge in [0.2, 0.25) is 0 Å². The third-order valence-electron chi connectivity index (χ3n) is 4.94. The summed E-state index contributed by atoms with van der Waals surface area (Å²) in [6.07, 6.45) is 3.27. The van der Waals surface area contributed by atoms with E-state index in [1.54, 1.807) is 0 Å². The number of aromatic nitrogens is 3. The molecule has 1 aliphatic rings. The first-order valence-electron chi connectivity index (χ1n) is 9.87. The Kier molecular flexibility index (Phi) is 9.48. The van der Waals surface area contributed by atoms with E-state index in [4.69, 9.17) is 21.3 Å². The lowest BCUT2D eigenvalue weighted by Gasteiger charge is -2.22. The summed E-state index contributed by atoms with van der Waals surface area (Å²) in [5.74, 6) is 3.39. The number of aliphatic imine (C=N–C) groups is 1. The van der Waals surface area contributed by atoms with Gasteiger partial charge < -0.3 is 19.5 Å². The lowest BCUT2D eigenvalue weighted by molar-refractivity contribution is 0.214. The molecule has 160 valence electrons. The monoisotopic (exact) mass is 532 g/mol.